The van der Waals surface area contributed by atoms with E-state index in [0.29, 0.717) is 6.42 Å². The first-order chi connectivity index (χ1) is 13.5. The molecule has 1 aromatic heterocycles. The number of carboxylic acids is 1. The fraction of sp³-hybridized carbons (Fsp3) is 0.200. The SMILES string of the molecule is O=C(NC(Cc1ccc(-c2ccccc2)cc1)CC(O)C(=O)O)c1nc[nH]n1. The number of aromatic nitrogens is 3. The highest BCUT2D eigenvalue weighted by molar-refractivity contribution is 5.90. The minimum Gasteiger partial charge on any atom is -0.479 e. The molecule has 2 unspecified atom stereocenters. The molecule has 3 rings (SSSR count). The predicted octanol–water partition coefficient (Wildman–Crippen LogP) is 1.65. The fourth-order valence-electron chi connectivity index (χ4n) is 2.88. The van der Waals surface area contributed by atoms with Crippen LogP contribution in [-0.4, -0.2) is 49.4 Å². The molecule has 2 atom stereocenters. The Bertz CT molecular complexity index is 911. The van der Waals surface area contributed by atoms with Crippen LogP contribution in [0, 0.1) is 0 Å². The second-order valence-electron chi connectivity index (χ2n) is 6.35. The molecule has 0 spiro atoms. The molecule has 1 amide bonds. The molecule has 0 aliphatic carbocycles. The van der Waals surface area contributed by atoms with Crippen LogP contribution in [-0.2, 0) is 11.2 Å². The summed E-state index contributed by atoms with van der Waals surface area (Å²) in [7, 11) is 0. The summed E-state index contributed by atoms with van der Waals surface area (Å²) in [6, 6.07) is 17.1. The summed E-state index contributed by atoms with van der Waals surface area (Å²) in [6.07, 6.45) is -0.0825. The first-order valence-electron chi connectivity index (χ1n) is 8.75. The van der Waals surface area contributed by atoms with E-state index in [1.165, 1.54) is 6.33 Å². The summed E-state index contributed by atoms with van der Waals surface area (Å²) in [5.74, 6) is -1.92. The van der Waals surface area contributed by atoms with Gasteiger partial charge in [0.25, 0.3) is 5.91 Å². The van der Waals surface area contributed by atoms with Gasteiger partial charge in [0, 0.05) is 12.5 Å². The molecule has 0 saturated carbocycles. The van der Waals surface area contributed by atoms with Gasteiger partial charge in [0.2, 0.25) is 5.82 Å². The number of amides is 1. The van der Waals surface area contributed by atoms with Gasteiger partial charge in [0.05, 0.1) is 0 Å². The molecule has 0 aliphatic heterocycles. The summed E-state index contributed by atoms with van der Waals surface area (Å²) in [4.78, 5) is 27.0. The average Bonchev–Trinajstić information content (AvgIpc) is 3.24. The second kappa shape index (κ2) is 8.92. The summed E-state index contributed by atoms with van der Waals surface area (Å²) < 4.78 is 0. The molecule has 1 heterocycles. The molecule has 2 aromatic carbocycles. The Morgan fingerprint density at radius 2 is 1.71 bits per heavy atom. The lowest BCUT2D eigenvalue weighted by Gasteiger charge is -2.20. The van der Waals surface area contributed by atoms with E-state index >= 15 is 0 Å². The van der Waals surface area contributed by atoms with E-state index in [1.54, 1.807) is 0 Å². The number of rotatable bonds is 8. The van der Waals surface area contributed by atoms with Crippen LogP contribution in [0.15, 0.2) is 60.9 Å². The van der Waals surface area contributed by atoms with Gasteiger partial charge in [0.1, 0.15) is 6.33 Å². The third-order valence-electron chi connectivity index (χ3n) is 4.29. The van der Waals surface area contributed by atoms with Crippen molar-refractivity contribution in [2.75, 3.05) is 0 Å². The maximum absolute atomic E-state index is 12.2. The summed E-state index contributed by atoms with van der Waals surface area (Å²) in [5.41, 5.74) is 3.04. The van der Waals surface area contributed by atoms with Crippen LogP contribution in [0.2, 0.25) is 0 Å². The molecule has 3 aromatic rings. The van der Waals surface area contributed by atoms with Crippen LogP contribution in [0.5, 0.6) is 0 Å². The molecule has 0 aliphatic rings. The van der Waals surface area contributed by atoms with Crippen molar-refractivity contribution in [1.82, 2.24) is 20.5 Å². The van der Waals surface area contributed by atoms with Crippen LogP contribution in [0.25, 0.3) is 11.1 Å². The van der Waals surface area contributed by atoms with Crippen molar-refractivity contribution < 1.29 is 19.8 Å². The molecule has 144 valence electrons. The number of hydrogen-bond donors (Lipinski definition) is 4. The van der Waals surface area contributed by atoms with Crippen LogP contribution in [0.4, 0.5) is 0 Å². The van der Waals surface area contributed by atoms with Crippen LogP contribution < -0.4 is 5.32 Å². The minimum atomic E-state index is -1.58. The Kier molecular flexibility index (Phi) is 6.13. The van der Waals surface area contributed by atoms with Gasteiger partial charge in [-0.25, -0.2) is 9.78 Å². The Morgan fingerprint density at radius 3 is 2.32 bits per heavy atom. The normalized spacial score (nSPS) is 12.9. The van der Waals surface area contributed by atoms with Gasteiger partial charge in [-0.3, -0.25) is 9.89 Å². The van der Waals surface area contributed by atoms with Gasteiger partial charge in [-0.05, 0) is 23.1 Å². The molecule has 0 fully saturated rings. The molecule has 4 N–H and O–H groups in total. The quantitative estimate of drug-likeness (QED) is 0.470. The molecule has 8 heteroatoms. The molecule has 0 saturated heterocycles. The molecule has 28 heavy (non-hydrogen) atoms. The number of benzene rings is 2. The average molecular weight is 380 g/mol. The largest absolute Gasteiger partial charge is 0.479 e. The number of aliphatic hydroxyl groups excluding tert-OH is 1. The Morgan fingerprint density at radius 1 is 1.04 bits per heavy atom. The third-order valence-corrected chi connectivity index (χ3v) is 4.29. The molecular formula is C20H20N4O4. The Balaban J connectivity index is 1.72. The Hall–Kier alpha value is -3.52. The zero-order chi connectivity index (χ0) is 19.9. The van der Waals surface area contributed by atoms with Crippen molar-refractivity contribution in [3.63, 3.8) is 0 Å². The molecule has 8 nitrogen and oxygen atoms in total. The third kappa shape index (κ3) is 5.01. The monoisotopic (exact) mass is 380 g/mol. The van der Waals surface area contributed by atoms with Gasteiger partial charge in [-0.1, -0.05) is 54.6 Å². The van der Waals surface area contributed by atoms with E-state index in [9.17, 15) is 14.7 Å². The van der Waals surface area contributed by atoms with Crippen molar-refractivity contribution in [2.24, 2.45) is 0 Å². The molecular weight excluding hydrogens is 360 g/mol. The van der Waals surface area contributed by atoms with Crippen LogP contribution >= 0.6 is 0 Å². The number of nitrogens with zero attached hydrogens (tertiary/aromatic N) is 2. The number of aromatic amines is 1. The predicted molar refractivity (Wildman–Crippen MR) is 101 cm³/mol. The lowest BCUT2D eigenvalue weighted by atomic mass is 9.98. The smallest absolute Gasteiger partial charge is 0.332 e. The minimum absolute atomic E-state index is 0.0470. The van der Waals surface area contributed by atoms with Gasteiger partial charge in [-0.2, -0.15) is 0 Å². The number of nitrogens with one attached hydrogen (secondary N) is 2. The van der Waals surface area contributed by atoms with E-state index in [4.69, 9.17) is 5.11 Å². The zero-order valence-corrected chi connectivity index (χ0v) is 14.9. The van der Waals surface area contributed by atoms with E-state index in [2.05, 4.69) is 20.5 Å². The van der Waals surface area contributed by atoms with Crippen molar-refractivity contribution >= 4 is 11.9 Å². The van der Waals surface area contributed by atoms with E-state index in [0.717, 1.165) is 16.7 Å². The highest BCUT2D eigenvalue weighted by atomic mass is 16.4. The van der Waals surface area contributed by atoms with E-state index in [-0.39, 0.29) is 12.2 Å². The van der Waals surface area contributed by atoms with Crippen LogP contribution in [0.3, 0.4) is 0 Å². The maximum Gasteiger partial charge on any atom is 0.332 e. The zero-order valence-electron chi connectivity index (χ0n) is 14.9. The number of carbonyl (C=O) groups excluding carboxylic acids is 1. The van der Waals surface area contributed by atoms with E-state index < -0.39 is 24.0 Å². The number of carboxylic acid groups (broad SMARTS) is 1. The number of aliphatic hydroxyl groups is 1. The molecule has 0 bridgehead atoms. The van der Waals surface area contributed by atoms with Gasteiger partial charge in [0.15, 0.2) is 6.10 Å². The first kappa shape index (κ1) is 19.2. The van der Waals surface area contributed by atoms with Gasteiger partial charge >= 0.3 is 5.97 Å². The highest BCUT2D eigenvalue weighted by Gasteiger charge is 2.23. The number of hydrogen-bond acceptors (Lipinski definition) is 5. The number of carbonyl (C=O) groups is 2. The van der Waals surface area contributed by atoms with Gasteiger partial charge < -0.3 is 15.5 Å². The van der Waals surface area contributed by atoms with Crippen LogP contribution in [0.1, 0.15) is 22.6 Å². The second-order valence-corrected chi connectivity index (χ2v) is 6.35. The maximum atomic E-state index is 12.2. The van der Waals surface area contributed by atoms with Crippen molar-refractivity contribution in [3.8, 4) is 11.1 Å². The van der Waals surface area contributed by atoms with Crippen molar-refractivity contribution in [3.05, 3.63) is 72.3 Å². The Labute approximate surface area is 161 Å². The molecule has 0 radical (unpaired) electrons. The summed E-state index contributed by atoms with van der Waals surface area (Å²) >= 11 is 0. The first-order valence-corrected chi connectivity index (χ1v) is 8.75. The number of H-pyrrole nitrogens is 1. The van der Waals surface area contributed by atoms with Crippen molar-refractivity contribution in [1.29, 1.82) is 0 Å². The lowest BCUT2D eigenvalue weighted by Crippen LogP contribution is -2.41. The van der Waals surface area contributed by atoms with Crippen molar-refractivity contribution in [2.45, 2.75) is 25.0 Å². The lowest BCUT2D eigenvalue weighted by molar-refractivity contribution is -0.147. The fourth-order valence-corrected chi connectivity index (χ4v) is 2.88. The van der Waals surface area contributed by atoms with E-state index in [1.807, 2.05) is 54.6 Å². The van der Waals surface area contributed by atoms with Gasteiger partial charge in [-0.15, -0.1) is 5.10 Å². The highest BCUT2D eigenvalue weighted by Crippen LogP contribution is 2.20. The topological polar surface area (TPSA) is 128 Å². The summed E-state index contributed by atoms with van der Waals surface area (Å²) in [5, 5.41) is 27.6. The summed E-state index contributed by atoms with van der Waals surface area (Å²) in [6.45, 7) is 0. The standard InChI is InChI=1S/C20H20N4O4/c25-17(20(27)28)11-16(23-19(26)18-21-12-22-24-18)10-13-6-8-15(9-7-13)14-4-2-1-3-5-14/h1-9,12,16-17,25H,10-11H2,(H,23,26)(H,27,28)(H,21,22,24). The number of aliphatic carboxylic acids is 1.